The second kappa shape index (κ2) is 7.47. The van der Waals surface area contributed by atoms with Crippen molar-refractivity contribution in [3.63, 3.8) is 0 Å². The van der Waals surface area contributed by atoms with Crippen LogP contribution in [-0.2, 0) is 10.0 Å². The summed E-state index contributed by atoms with van der Waals surface area (Å²) in [5.74, 6) is -0.471. The Labute approximate surface area is 123 Å². The van der Waals surface area contributed by atoms with Crippen molar-refractivity contribution in [1.29, 1.82) is 0 Å². The van der Waals surface area contributed by atoms with E-state index in [9.17, 15) is 13.2 Å². The van der Waals surface area contributed by atoms with Crippen molar-refractivity contribution >= 4 is 33.2 Å². The van der Waals surface area contributed by atoms with Crippen molar-refractivity contribution in [3.05, 3.63) is 28.8 Å². The number of hydrogen-bond acceptors (Lipinski definition) is 4. The highest BCUT2D eigenvalue weighted by Crippen LogP contribution is 2.20. The number of carbonyl (C=O) groups excluding carboxylic acids is 1. The summed E-state index contributed by atoms with van der Waals surface area (Å²) < 4.78 is 21.5. The Hall–Kier alpha value is -1.31. The fourth-order valence-electron chi connectivity index (χ4n) is 1.62. The van der Waals surface area contributed by atoms with Gasteiger partial charge in [-0.25, -0.2) is 13.6 Å². The monoisotopic (exact) mass is 319 g/mol. The molecule has 6 nitrogen and oxygen atoms in total. The summed E-state index contributed by atoms with van der Waals surface area (Å²) in [4.78, 5) is 12.0. The summed E-state index contributed by atoms with van der Waals surface area (Å²) in [6, 6.07) is 4.98. The van der Waals surface area contributed by atoms with Gasteiger partial charge >= 0.3 is 0 Å². The van der Waals surface area contributed by atoms with Crippen LogP contribution in [0.2, 0.25) is 5.02 Å². The minimum Gasteiger partial charge on any atom is -0.385 e. The van der Waals surface area contributed by atoms with Crippen LogP contribution in [0.15, 0.2) is 18.2 Å². The Bertz CT molecular complexity index is 575. The van der Waals surface area contributed by atoms with E-state index in [0.29, 0.717) is 22.8 Å². The summed E-state index contributed by atoms with van der Waals surface area (Å²) in [5, 5.41) is 11.0. The molecule has 0 saturated carbocycles. The molecule has 0 fully saturated rings. The number of amides is 1. The lowest BCUT2D eigenvalue weighted by Crippen LogP contribution is -2.28. The number of anilines is 1. The standard InChI is InChI=1S/C12H18ClN3O3S/c1-2-15-11-5-4-9(13)8-10(11)12(17)16-6-3-7-20(14,18)19/h4-5,8,15H,2-3,6-7H2,1H3,(H,16,17)(H2,14,18,19). The van der Waals surface area contributed by atoms with Crippen LogP contribution in [0.25, 0.3) is 0 Å². The maximum Gasteiger partial charge on any atom is 0.253 e. The number of nitrogens with two attached hydrogens (primary N) is 1. The van der Waals surface area contributed by atoms with Crippen LogP contribution in [0.4, 0.5) is 5.69 Å². The maximum absolute atomic E-state index is 12.0. The highest BCUT2D eigenvalue weighted by atomic mass is 35.5. The van der Waals surface area contributed by atoms with Gasteiger partial charge in [0.25, 0.3) is 5.91 Å². The molecule has 0 radical (unpaired) electrons. The average molecular weight is 320 g/mol. The number of nitrogens with one attached hydrogen (secondary N) is 2. The van der Waals surface area contributed by atoms with Crippen molar-refractivity contribution in [3.8, 4) is 0 Å². The molecule has 1 aromatic carbocycles. The Morgan fingerprint density at radius 1 is 1.40 bits per heavy atom. The third kappa shape index (κ3) is 5.77. The molecule has 0 heterocycles. The zero-order valence-electron chi connectivity index (χ0n) is 11.1. The smallest absolute Gasteiger partial charge is 0.253 e. The van der Waals surface area contributed by atoms with E-state index in [2.05, 4.69) is 10.6 Å². The van der Waals surface area contributed by atoms with E-state index >= 15 is 0 Å². The molecule has 0 unspecified atom stereocenters. The van der Waals surface area contributed by atoms with Crippen LogP contribution in [0.3, 0.4) is 0 Å². The number of carbonyl (C=O) groups is 1. The molecule has 1 rings (SSSR count). The van der Waals surface area contributed by atoms with Crippen molar-refractivity contribution in [2.45, 2.75) is 13.3 Å². The van der Waals surface area contributed by atoms with Crippen LogP contribution in [0.1, 0.15) is 23.7 Å². The zero-order chi connectivity index (χ0) is 15.2. The zero-order valence-corrected chi connectivity index (χ0v) is 12.7. The Kier molecular flexibility index (Phi) is 6.25. The van der Waals surface area contributed by atoms with Crippen molar-refractivity contribution in [2.24, 2.45) is 5.14 Å². The lowest BCUT2D eigenvalue weighted by Gasteiger charge is -2.11. The molecule has 0 aliphatic rings. The highest BCUT2D eigenvalue weighted by Gasteiger charge is 2.12. The lowest BCUT2D eigenvalue weighted by atomic mass is 10.1. The first-order valence-corrected chi connectivity index (χ1v) is 8.25. The normalized spacial score (nSPS) is 11.2. The van der Waals surface area contributed by atoms with Gasteiger partial charge in [0, 0.05) is 23.8 Å². The molecule has 0 saturated heterocycles. The van der Waals surface area contributed by atoms with Crippen molar-refractivity contribution in [2.75, 3.05) is 24.2 Å². The number of primary sulfonamides is 1. The summed E-state index contributed by atoms with van der Waals surface area (Å²) >= 11 is 5.88. The van der Waals surface area contributed by atoms with E-state index in [0.717, 1.165) is 0 Å². The molecule has 0 atom stereocenters. The molecule has 0 aromatic heterocycles. The third-order valence-electron chi connectivity index (χ3n) is 2.48. The average Bonchev–Trinajstić information content (AvgIpc) is 2.35. The Morgan fingerprint density at radius 3 is 2.70 bits per heavy atom. The summed E-state index contributed by atoms with van der Waals surface area (Å²) in [5.41, 5.74) is 1.11. The predicted molar refractivity (Wildman–Crippen MR) is 80.5 cm³/mol. The predicted octanol–water partition coefficient (Wildman–Crippen LogP) is 1.18. The van der Waals surface area contributed by atoms with E-state index in [4.69, 9.17) is 16.7 Å². The summed E-state index contributed by atoms with van der Waals surface area (Å²) in [7, 11) is -3.49. The second-order valence-corrected chi connectivity index (χ2v) is 6.37. The van der Waals surface area contributed by atoms with Gasteiger partial charge in [0.15, 0.2) is 0 Å². The molecule has 0 bridgehead atoms. The molecule has 4 N–H and O–H groups in total. The van der Waals surface area contributed by atoms with Crippen LogP contribution in [-0.4, -0.2) is 33.2 Å². The Morgan fingerprint density at radius 2 is 2.10 bits per heavy atom. The van der Waals surface area contributed by atoms with Gasteiger partial charge in [0.05, 0.1) is 11.3 Å². The largest absolute Gasteiger partial charge is 0.385 e. The minimum atomic E-state index is -3.49. The molecular formula is C12H18ClN3O3S. The van der Waals surface area contributed by atoms with E-state index in [-0.39, 0.29) is 24.6 Å². The highest BCUT2D eigenvalue weighted by molar-refractivity contribution is 7.89. The fraction of sp³-hybridized carbons (Fsp3) is 0.417. The Balaban J connectivity index is 2.65. The van der Waals surface area contributed by atoms with Gasteiger partial charge in [-0.3, -0.25) is 4.79 Å². The van der Waals surface area contributed by atoms with Gasteiger partial charge in [0.1, 0.15) is 0 Å². The van der Waals surface area contributed by atoms with E-state index in [1.54, 1.807) is 18.2 Å². The molecule has 0 aliphatic carbocycles. The van der Waals surface area contributed by atoms with Crippen molar-refractivity contribution in [1.82, 2.24) is 5.32 Å². The lowest BCUT2D eigenvalue weighted by molar-refractivity contribution is 0.0954. The van der Waals surface area contributed by atoms with E-state index < -0.39 is 10.0 Å². The summed E-state index contributed by atoms with van der Waals surface area (Å²) in [6.45, 7) is 2.82. The number of hydrogen-bond donors (Lipinski definition) is 3. The first-order chi connectivity index (χ1) is 9.33. The van der Waals surface area contributed by atoms with Crippen LogP contribution in [0.5, 0.6) is 0 Å². The maximum atomic E-state index is 12.0. The molecule has 1 aromatic rings. The van der Waals surface area contributed by atoms with Gasteiger partial charge < -0.3 is 10.6 Å². The van der Waals surface area contributed by atoms with Gasteiger partial charge in [-0.05, 0) is 31.5 Å². The number of rotatable bonds is 7. The molecular weight excluding hydrogens is 302 g/mol. The van der Waals surface area contributed by atoms with Crippen LogP contribution in [0, 0.1) is 0 Å². The quantitative estimate of drug-likeness (QED) is 0.657. The number of halogens is 1. The number of sulfonamides is 1. The summed E-state index contributed by atoms with van der Waals surface area (Å²) in [6.07, 6.45) is 0.266. The molecule has 8 heteroatoms. The third-order valence-corrected chi connectivity index (χ3v) is 3.58. The molecule has 1 amide bonds. The van der Waals surface area contributed by atoms with Gasteiger partial charge in [0.2, 0.25) is 10.0 Å². The van der Waals surface area contributed by atoms with E-state index in [1.807, 2.05) is 6.92 Å². The number of benzene rings is 1. The van der Waals surface area contributed by atoms with Gasteiger partial charge in [-0.2, -0.15) is 0 Å². The molecule has 0 spiro atoms. The van der Waals surface area contributed by atoms with Gasteiger partial charge in [-0.15, -0.1) is 0 Å². The SMILES string of the molecule is CCNc1ccc(Cl)cc1C(=O)NCCCS(N)(=O)=O. The fourth-order valence-corrected chi connectivity index (χ4v) is 2.34. The second-order valence-electron chi connectivity index (χ2n) is 4.20. The molecule has 20 heavy (non-hydrogen) atoms. The van der Waals surface area contributed by atoms with Gasteiger partial charge in [-0.1, -0.05) is 11.6 Å². The first kappa shape index (κ1) is 16.7. The minimum absolute atomic E-state index is 0.164. The van der Waals surface area contributed by atoms with E-state index in [1.165, 1.54) is 0 Å². The van der Waals surface area contributed by atoms with Crippen LogP contribution >= 0.6 is 11.6 Å². The van der Waals surface area contributed by atoms with Crippen molar-refractivity contribution < 1.29 is 13.2 Å². The molecule has 0 aliphatic heterocycles. The van der Waals surface area contributed by atoms with Crippen LogP contribution < -0.4 is 15.8 Å². The first-order valence-electron chi connectivity index (χ1n) is 6.15. The molecule has 112 valence electrons. The topological polar surface area (TPSA) is 101 Å².